The third kappa shape index (κ3) is 4.90. The molecule has 7 heteroatoms. The van der Waals surface area contributed by atoms with Crippen LogP contribution in [0.4, 0.5) is 0 Å². The van der Waals surface area contributed by atoms with Crippen LogP contribution in [0.5, 0.6) is 0 Å². The first kappa shape index (κ1) is 16.6. The maximum Gasteiger partial charge on any atom is 0.175 e. The van der Waals surface area contributed by atoms with Gasteiger partial charge in [0.1, 0.15) is 0 Å². The number of ether oxygens (including phenoxy) is 2. The summed E-state index contributed by atoms with van der Waals surface area (Å²) >= 11 is 7.62. The molecule has 0 aliphatic carbocycles. The molecule has 4 nitrogen and oxygen atoms in total. The van der Waals surface area contributed by atoms with Gasteiger partial charge in [0.15, 0.2) is 6.29 Å². The molecule has 1 fully saturated rings. The monoisotopic (exact) mass is 346 g/mol. The Morgan fingerprint density at radius 3 is 2.86 bits per heavy atom. The van der Waals surface area contributed by atoms with Crippen LogP contribution in [0.25, 0.3) is 0 Å². The average molecular weight is 347 g/mol. The Balaban J connectivity index is 0.00000161. The summed E-state index contributed by atoms with van der Waals surface area (Å²) in [5.41, 5.74) is 0. The van der Waals surface area contributed by atoms with E-state index in [4.69, 9.17) is 21.1 Å². The number of hydrogen-bond acceptors (Lipinski definition) is 4. The van der Waals surface area contributed by atoms with Crippen LogP contribution in [0.2, 0.25) is 5.02 Å². The van der Waals surface area contributed by atoms with E-state index in [2.05, 4.69) is 4.98 Å². The summed E-state index contributed by atoms with van der Waals surface area (Å²) in [6.07, 6.45) is 5.37. The van der Waals surface area contributed by atoms with E-state index in [-0.39, 0.29) is 24.8 Å². The third-order valence-corrected chi connectivity index (χ3v) is 4.38. The van der Waals surface area contributed by atoms with E-state index in [1.165, 1.54) is 4.90 Å². The van der Waals surface area contributed by atoms with Gasteiger partial charge in [0.25, 0.3) is 0 Å². The van der Waals surface area contributed by atoms with Gasteiger partial charge in [-0.05, 0) is 24.3 Å². The molecule has 2 unspecified atom stereocenters. The molecule has 1 aliphatic heterocycles. The second kappa shape index (κ2) is 8.06. The zero-order valence-corrected chi connectivity index (χ0v) is 13.6. The molecule has 21 heavy (non-hydrogen) atoms. The van der Waals surface area contributed by atoms with E-state index in [1.54, 1.807) is 24.3 Å². The molecule has 1 aromatic carbocycles. The molecule has 2 atom stereocenters. The quantitative estimate of drug-likeness (QED) is 0.776. The maximum absolute atomic E-state index is 5.86. The van der Waals surface area contributed by atoms with Crippen LogP contribution in [0.1, 0.15) is 0 Å². The number of aromatic nitrogens is 2. The minimum atomic E-state index is -0.181. The lowest BCUT2D eigenvalue weighted by Gasteiger charge is -2.11. The van der Waals surface area contributed by atoms with Crippen LogP contribution in [0, 0.1) is 0 Å². The zero-order chi connectivity index (χ0) is 13.8. The number of rotatable bonds is 5. The molecular weight excluding hydrogens is 331 g/mol. The molecule has 114 valence electrons. The first-order chi connectivity index (χ1) is 9.79. The van der Waals surface area contributed by atoms with Crippen molar-refractivity contribution in [3.8, 4) is 0 Å². The summed E-state index contributed by atoms with van der Waals surface area (Å²) in [4.78, 5) is 5.19. The molecule has 0 bridgehead atoms. The fourth-order valence-corrected chi connectivity index (χ4v) is 2.99. The van der Waals surface area contributed by atoms with Crippen LogP contribution < -0.4 is 0 Å². The zero-order valence-electron chi connectivity index (χ0n) is 11.2. The topological polar surface area (TPSA) is 36.3 Å². The highest BCUT2D eigenvalue weighted by atomic mass is 35.5. The highest BCUT2D eigenvalue weighted by Crippen LogP contribution is 2.24. The van der Waals surface area contributed by atoms with Crippen LogP contribution >= 0.6 is 35.8 Å². The Hall–Kier alpha value is -0.720. The van der Waals surface area contributed by atoms with Crippen molar-refractivity contribution in [1.82, 2.24) is 9.55 Å². The van der Waals surface area contributed by atoms with Gasteiger partial charge in [-0.2, -0.15) is 0 Å². The van der Waals surface area contributed by atoms with E-state index >= 15 is 0 Å². The van der Waals surface area contributed by atoms with Crippen molar-refractivity contribution in [1.29, 1.82) is 0 Å². The van der Waals surface area contributed by atoms with E-state index in [0.717, 1.165) is 10.8 Å². The van der Waals surface area contributed by atoms with Gasteiger partial charge < -0.3 is 14.0 Å². The molecular formula is C14H16Cl2N2O2S. The van der Waals surface area contributed by atoms with Gasteiger partial charge in [-0.1, -0.05) is 11.6 Å². The summed E-state index contributed by atoms with van der Waals surface area (Å²) in [5, 5.41) is 0.759. The Labute approximate surface area is 139 Å². The molecule has 0 N–H and O–H groups in total. The predicted octanol–water partition coefficient (Wildman–Crippen LogP) is 3.49. The molecule has 2 heterocycles. The molecule has 1 aromatic heterocycles. The van der Waals surface area contributed by atoms with E-state index in [9.17, 15) is 0 Å². The third-order valence-electron chi connectivity index (χ3n) is 2.98. The van der Waals surface area contributed by atoms with Crippen molar-refractivity contribution in [3.63, 3.8) is 0 Å². The highest BCUT2D eigenvalue weighted by molar-refractivity contribution is 7.99. The van der Waals surface area contributed by atoms with Gasteiger partial charge >= 0.3 is 0 Å². The van der Waals surface area contributed by atoms with Gasteiger partial charge in [0.05, 0.1) is 25.6 Å². The molecule has 0 amide bonds. The second-order valence-electron chi connectivity index (χ2n) is 4.55. The average Bonchev–Trinajstić information content (AvgIpc) is 3.11. The number of hydrogen-bond donors (Lipinski definition) is 0. The Kier molecular flexibility index (Phi) is 6.39. The van der Waals surface area contributed by atoms with Crippen LogP contribution in [0.15, 0.2) is 47.9 Å². The first-order valence-electron chi connectivity index (χ1n) is 6.41. The highest BCUT2D eigenvalue weighted by Gasteiger charge is 2.26. The second-order valence-corrected chi connectivity index (χ2v) is 6.08. The Bertz CT molecular complexity index is 536. The van der Waals surface area contributed by atoms with Gasteiger partial charge in [-0.15, -0.1) is 24.2 Å². The van der Waals surface area contributed by atoms with Crippen LogP contribution in [-0.4, -0.2) is 34.3 Å². The number of benzene rings is 1. The summed E-state index contributed by atoms with van der Waals surface area (Å²) in [6, 6.07) is 7.84. The number of nitrogens with zero attached hydrogens (tertiary/aromatic N) is 2. The van der Waals surface area contributed by atoms with Crippen molar-refractivity contribution in [2.45, 2.75) is 23.8 Å². The van der Waals surface area contributed by atoms with Crippen molar-refractivity contribution in [2.75, 3.05) is 12.4 Å². The van der Waals surface area contributed by atoms with Crippen molar-refractivity contribution < 1.29 is 9.47 Å². The molecule has 0 radical (unpaired) electrons. The standard InChI is InChI=1S/C14H15ClN2O2S.ClH/c15-11-1-3-13(4-2-11)20-9-12-8-18-14(19-12)7-17-6-5-16-10-17;/h1-6,10,12,14H,7-9H2;1H. The number of halogens is 2. The van der Waals surface area contributed by atoms with Crippen LogP contribution in [0.3, 0.4) is 0 Å². The molecule has 2 aromatic rings. The first-order valence-corrected chi connectivity index (χ1v) is 7.77. The van der Waals surface area contributed by atoms with Gasteiger partial charge in [-0.3, -0.25) is 0 Å². The SMILES string of the molecule is Cl.Clc1ccc(SCC2COC(Cn3ccnc3)O2)cc1. The lowest BCUT2D eigenvalue weighted by molar-refractivity contribution is -0.0640. The fraction of sp³-hybridized carbons (Fsp3) is 0.357. The largest absolute Gasteiger partial charge is 0.348 e. The smallest absolute Gasteiger partial charge is 0.175 e. The minimum Gasteiger partial charge on any atom is -0.348 e. The molecule has 0 saturated carbocycles. The normalized spacial score (nSPS) is 21.2. The fourth-order valence-electron chi connectivity index (χ4n) is 1.98. The lowest BCUT2D eigenvalue weighted by Crippen LogP contribution is -2.18. The molecule has 3 rings (SSSR count). The lowest BCUT2D eigenvalue weighted by atomic mass is 10.4. The summed E-state index contributed by atoms with van der Waals surface area (Å²) in [5.74, 6) is 0.877. The molecule has 0 spiro atoms. The summed E-state index contributed by atoms with van der Waals surface area (Å²) in [6.45, 7) is 1.32. The Morgan fingerprint density at radius 1 is 1.33 bits per heavy atom. The maximum atomic E-state index is 5.86. The number of imidazole rings is 1. The van der Waals surface area contributed by atoms with Crippen LogP contribution in [-0.2, 0) is 16.0 Å². The van der Waals surface area contributed by atoms with Crippen molar-refractivity contribution in [3.05, 3.63) is 48.0 Å². The minimum absolute atomic E-state index is 0. The van der Waals surface area contributed by atoms with Gasteiger partial charge in [0.2, 0.25) is 0 Å². The van der Waals surface area contributed by atoms with Gasteiger partial charge in [-0.25, -0.2) is 4.98 Å². The van der Waals surface area contributed by atoms with E-state index in [1.807, 2.05) is 35.0 Å². The van der Waals surface area contributed by atoms with Gasteiger partial charge in [0, 0.05) is 28.1 Å². The predicted molar refractivity (Wildman–Crippen MR) is 86.3 cm³/mol. The summed E-state index contributed by atoms with van der Waals surface area (Å²) in [7, 11) is 0. The van der Waals surface area contributed by atoms with Crippen molar-refractivity contribution >= 4 is 35.8 Å². The van der Waals surface area contributed by atoms with E-state index in [0.29, 0.717) is 13.2 Å². The van der Waals surface area contributed by atoms with E-state index < -0.39 is 0 Å². The molecule has 1 aliphatic rings. The summed E-state index contributed by atoms with van der Waals surface area (Å²) < 4.78 is 13.5. The Morgan fingerprint density at radius 2 is 2.14 bits per heavy atom. The molecule has 1 saturated heterocycles. The van der Waals surface area contributed by atoms with Crippen molar-refractivity contribution in [2.24, 2.45) is 0 Å². The number of thioether (sulfide) groups is 1.